The molecule has 0 saturated carbocycles. The Kier molecular flexibility index (Phi) is 4.92. The van der Waals surface area contributed by atoms with E-state index in [1.807, 2.05) is 0 Å². The van der Waals surface area contributed by atoms with Gasteiger partial charge in [-0.05, 0) is 44.0 Å². The van der Waals surface area contributed by atoms with Gasteiger partial charge in [0.25, 0.3) is 0 Å². The van der Waals surface area contributed by atoms with Gasteiger partial charge in [0.15, 0.2) is 0 Å². The van der Waals surface area contributed by atoms with Crippen molar-refractivity contribution in [2.45, 2.75) is 37.8 Å². The van der Waals surface area contributed by atoms with Gasteiger partial charge in [0.2, 0.25) is 10.0 Å². The average Bonchev–Trinajstić information content (AvgIpc) is 2.37. The van der Waals surface area contributed by atoms with Crippen molar-refractivity contribution in [3.63, 3.8) is 0 Å². The molecule has 0 radical (unpaired) electrons. The first-order valence-corrected chi connectivity index (χ1v) is 8.71. The van der Waals surface area contributed by atoms with Gasteiger partial charge in [-0.15, -0.1) is 11.6 Å². The molecule has 0 aliphatic carbocycles. The van der Waals surface area contributed by atoms with Crippen LogP contribution < -0.4 is 0 Å². The number of ether oxygens (including phenoxy) is 1. The fourth-order valence-electron chi connectivity index (χ4n) is 2.64. The van der Waals surface area contributed by atoms with E-state index in [1.165, 1.54) is 16.4 Å². The Morgan fingerprint density at radius 3 is 2.48 bits per heavy atom. The Morgan fingerprint density at radius 2 is 1.95 bits per heavy atom. The number of hydrogen-bond donors (Lipinski definition) is 0. The van der Waals surface area contributed by atoms with Crippen LogP contribution in [0.15, 0.2) is 17.0 Å². The molecule has 4 nitrogen and oxygen atoms in total. The number of halogens is 2. The zero-order valence-corrected chi connectivity index (χ0v) is 13.8. The van der Waals surface area contributed by atoms with Crippen molar-refractivity contribution in [3.8, 4) is 0 Å². The molecule has 0 bridgehead atoms. The second kappa shape index (κ2) is 6.20. The Balaban J connectivity index is 2.46. The molecule has 1 fully saturated rings. The molecule has 0 aromatic heterocycles. The summed E-state index contributed by atoms with van der Waals surface area (Å²) in [6, 6.07) is 2.20. The molecule has 0 spiro atoms. The number of sulfonamides is 1. The van der Waals surface area contributed by atoms with Crippen molar-refractivity contribution in [1.82, 2.24) is 4.31 Å². The van der Waals surface area contributed by atoms with Gasteiger partial charge in [0, 0.05) is 18.5 Å². The first-order valence-electron chi connectivity index (χ1n) is 6.73. The maximum atomic E-state index is 13.4. The Hall–Kier alpha value is -0.690. The summed E-state index contributed by atoms with van der Waals surface area (Å²) in [5.74, 6) is -0.197. The number of nitrogens with zero attached hydrogens (tertiary/aromatic N) is 1. The quantitative estimate of drug-likeness (QED) is 0.797. The predicted octanol–water partition coefficient (Wildman–Crippen LogP) is 2.46. The van der Waals surface area contributed by atoms with Gasteiger partial charge < -0.3 is 4.74 Å². The van der Waals surface area contributed by atoms with E-state index in [-0.39, 0.29) is 29.5 Å². The van der Waals surface area contributed by atoms with Crippen LogP contribution in [0, 0.1) is 19.7 Å². The van der Waals surface area contributed by atoms with E-state index < -0.39 is 15.8 Å². The van der Waals surface area contributed by atoms with E-state index >= 15 is 0 Å². The maximum absolute atomic E-state index is 13.4. The second-order valence-electron chi connectivity index (χ2n) is 5.40. The Morgan fingerprint density at radius 1 is 1.38 bits per heavy atom. The summed E-state index contributed by atoms with van der Waals surface area (Å²) in [7, 11) is -3.70. The minimum absolute atomic E-state index is 0.172. The molecule has 21 heavy (non-hydrogen) atoms. The minimum Gasteiger partial charge on any atom is -0.374 e. The highest BCUT2D eigenvalue weighted by atomic mass is 35.5. The summed E-state index contributed by atoms with van der Waals surface area (Å²) in [4.78, 5) is 0.172. The molecule has 1 aliphatic heterocycles. The molecule has 2 rings (SSSR count). The lowest BCUT2D eigenvalue weighted by molar-refractivity contribution is -0.0152. The number of aryl methyl sites for hydroxylation is 2. The van der Waals surface area contributed by atoms with Crippen molar-refractivity contribution < 1.29 is 17.5 Å². The number of benzene rings is 1. The van der Waals surface area contributed by atoms with Gasteiger partial charge in [-0.2, -0.15) is 4.31 Å². The van der Waals surface area contributed by atoms with Crippen LogP contribution in [0.3, 0.4) is 0 Å². The van der Waals surface area contributed by atoms with Gasteiger partial charge in [0.1, 0.15) is 5.82 Å². The van der Waals surface area contributed by atoms with Crippen LogP contribution >= 0.6 is 11.6 Å². The fraction of sp³-hybridized carbons (Fsp3) is 0.571. The van der Waals surface area contributed by atoms with Crippen LogP contribution in [0.2, 0.25) is 0 Å². The Labute approximate surface area is 129 Å². The number of morpholine rings is 1. The predicted molar refractivity (Wildman–Crippen MR) is 79.7 cm³/mol. The van der Waals surface area contributed by atoms with Crippen molar-refractivity contribution in [2.24, 2.45) is 0 Å². The van der Waals surface area contributed by atoms with Crippen LogP contribution in [0.25, 0.3) is 0 Å². The summed E-state index contributed by atoms with van der Waals surface area (Å²) >= 11 is 5.78. The normalized spacial score (nSPS) is 24.2. The Bertz CT molecular complexity index is 612. The molecule has 7 heteroatoms. The largest absolute Gasteiger partial charge is 0.374 e. The lowest BCUT2D eigenvalue weighted by Gasteiger charge is -2.36. The lowest BCUT2D eigenvalue weighted by Crippen LogP contribution is -2.51. The van der Waals surface area contributed by atoms with Gasteiger partial charge in [0.05, 0.1) is 17.6 Å². The van der Waals surface area contributed by atoms with Crippen LogP contribution in [0.1, 0.15) is 18.1 Å². The standard InChI is InChI=1S/C14H19ClFNO3S/c1-9-4-12(16)5-10(2)14(9)21(18,19)17-7-13(6-15)20-8-11(17)3/h4-5,11,13H,6-8H2,1-3H3. The second-order valence-corrected chi connectivity index (χ2v) is 7.54. The maximum Gasteiger partial charge on any atom is 0.244 e. The molecule has 1 aromatic carbocycles. The highest BCUT2D eigenvalue weighted by molar-refractivity contribution is 7.89. The van der Waals surface area contributed by atoms with E-state index in [0.717, 1.165) is 0 Å². The van der Waals surface area contributed by atoms with Crippen molar-refractivity contribution in [3.05, 3.63) is 29.1 Å². The number of hydrogen-bond acceptors (Lipinski definition) is 3. The van der Waals surface area contributed by atoms with E-state index in [9.17, 15) is 12.8 Å². The molecule has 2 atom stereocenters. The SMILES string of the molecule is Cc1cc(F)cc(C)c1S(=O)(=O)N1CC(CCl)OCC1C. The smallest absolute Gasteiger partial charge is 0.244 e. The van der Waals surface area contributed by atoms with E-state index in [1.54, 1.807) is 20.8 Å². The molecule has 1 aliphatic rings. The molecule has 2 unspecified atom stereocenters. The first kappa shape index (κ1) is 16.7. The van der Waals surface area contributed by atoms with Gasteiger partial charge in [-0.1, -0.05) is 0 Å². The number of alkyl halides is 1. The molecular formula is C14H19ClFNO3S. The summed E-state index contributed by atoms with van der Waals surface area (Å²) in [5.41, 5.74) is 0.822. The van der Waals surface area contributed by atoms with Crippen molar-refractivity contribution >= 4 is 21.6 Å². The molecule has 1 aromatic rings. The molecule has 0 N–H and O–H groups in total. The summed E-state index contributed by atoms with van der Waals surface area (Å²) in [6.07, 6.45) is -0.321. The van der Waals surface area contributed by atoms with Crippen LogP contribution in [-0.4, -0.2) is 43.9 Å². The van der Waals surface area contributed by atoms with Crippen LogP contribution in [-0.2, 0) is 14.8 Å². The van der Waals surface area contributed by atoms with Gasteiger partial charge in [-0.25, -0.2) is 12.8 Å². The highest BCUT2D eigenvalue weighted by Crippen LogP contribution is 2.28. The highest BCUT2D eigenvalue weighted by Gasteiger charge is 2.36. The molecular weight excluding hydrogens is 317 g/mol. The number of rotatable bonds is 3. The summed E-state index contributed by atoms with van der Waals surface area (Å²) in [6.45, 7) is 5.51. The third-order valence-corrected chi connectivity index (χ3v) is 6.24. The third kappa shape index (κ3) is 3.23. The van der Waals surface area contributed by atoms with E-state index in [4.69, 9.17) is 16.3 Å². The van der Waals surface area contributed by atoms with E-state index in [0.29, 0.717) is 17.7 Å². The fourth-order valence-corrected chi connectivity index (χ4v) is 4.89. The topological polar surface area (TPSA) is 46.6 Å². The molecule has 118 valence electrons. The first-order chi connectivity index (χ1) is 9.77. The van der Waals surface area contributed by atoms with E-state index in [2.05, 4.69) is 0 Å². The van der Waals surface area contributed by atoms with Crippen molar-refractivity contribution in [1.29, 1.82) is 0 Å². The van der Waals surface area contributed by atoms with Crippen LogP contribution in [0.5, 0.6) is 0 Å². The lowest BCUT2D eigenvalue weighted by atomic mass is 10.1. The third-order valence-electron chi connectivity index (χ3n) is 3.61. The van der Waals surface area contributed by atoms with Crippen LogP contribution in [0.4, 0.5) is 4.39 Å². The van der Waals surface area contributed by atoms with Gasteiger partial charge >= 0.3 is 0 Å². The zero-order chi connectivity index (χ0) is 15.8. The minimum atomic E-state index is -3.70. The molecule has 1 heterocycles. The average molecular weight is 336 g/mol. The van der Waals surface area contributed by atoms with Crippen molar-refractivity contribution in [2.75, 3.05) is 19.0 Å². The molecule has 1 saturated heterocycles. The molecule has 0 amide bonds. The zero-order valence-electron chi connectivity index (χ0n) is 12.3. The van der Waals surface area contributed by atoms with Gasteiger partial charge in [-0.3, -0.25) is 0 Å². The monoisotopic (exact) mass is 335 g/mol. The summed E-state index contributed by atoms with van der Waals surface area (Å²) in [5, 5.41) is 0. The summed E-state index contributed by atoms with van der Waals surface area (Å²) < 4.78 is 46.1.